The first-order valence-corrected chi connectivity index (χ1v) is 8.51. The molecule has 0 bridgehead atoms. The molecule has 0 fully saturated rings. The van der Waals surface area contributed by atoms with Crippen LogP contribution in [0.4, 0.5) is 27.5 Å². The number of nitro groups is 1. The summed E-state index contributed by atoms with van der Waals surface area (Å²) in [5.41, 5.74) is 0.595. The molecule has 0 aliphatic heterocycles. The van der Waals surface area contributed by atoms with Gasteiger partial charge < -0.3 is 10.6 Å². The van der Waals surface area contributed by atoms with Crippen molar-refractivity contribution in [1.82, 2.24) is 15.0 Å². The summed E-state index contributed by atoms with van der Waals surface area (Å²) in [4.78, 5) is 23.8. The van der Waals surface area contributed by atoms with Crippen molar-refractivity contribution in [3.8, 4) is 11.4 Å². The largest absolute Gasteiger partial charge is 0.350 e. The molecule has 2 aromatic heterocycles. The lowest BCUT2D eigenvalue weighted by molar-refractivity contribution is -0.384. The van der Waals surface area contributed by atoms with Gasteiger partial charge in [0.2, 0.25) is 5.95 Å². The Balaban J connectivity index is 2.05. The Hall–Kier alpha value is -3.62. The number of nitro benzene ring substituents is 1. The van der Waals surface area contributed by atoms with Crippen LogP contribution < -0.4 is 10.6 Å². The molecule has 28 heavy (non-hydrogen) atoms. The Kier molecular flexibility index (Phi) is 5.16. The highest BCUT2D eigenvalue weighted by Gasteiger charge is 2.18. The average Bonchev–Trinajstić information content (AvgIpc) is 2.62. The average molecular weight is 382 g/mol. The van der Waals surface area contributed by atoms with Crippen molar-refractivity contribution in [2.24, 2.45) is 0 Å². The maximum absolute atomic E-state index is 13.4. The van der Waals surface area contributed by atoms with Crippen molar-refractivity contribution >= 4 is 23.1 Å². The van der Waals surface area contributed by atoms with E-state index in [1.54, 1.807) is 24.4 Å². The van der Waals surface area contributed by atoms with E-state index in [2.05, 4.69) is 25.6 Å². The van der Waals surface area contributed by atoms with E-state index < -0.39 is 10.7 Å². The summed E-state index contributed by atoms with van der Waals surface area (Å²) in [6.07, 6.45) is 1.65. The summed E-state index contributed by atoms with van der Waals surface area (Å²) in [5.74, 6) is -0.0378. The van der Waals surface area contributed by atoms with Gasteiger partial charge >= 0.3 is 0 Å². The molecule has 0 unspecified atom stereocenters. The van der Waals surface area contributed by atoms with Crippen molar-refractivity contribution in [1.29, 1.82) is 0 Å². The minimum Gasteiger partial charge on any atom is -0.350 e. The number of nitrogens with zero attached hydrogens (tertiary/aromatic N) is 4. The van der Waals surface area contributed by atoms with Crippen LogP contribution in [0, 0.1) is 15.9 Å². The molecular formula is C19H19FN6O2. The molecule has 0 aliphatic carbocycles. The highest BCUT2D eigenvalue weighted by Crippen LogP contribution is 2.29. The lowest BCUT2D eigenvalue weighted by Crippen LogP contribution is -2.27. The standard InChI is InChI=1S/C19H19FN6O2/c1-19(2,3)25-18-23-15(13-6-4-5-9-21-13)11-17(24-18)22-14-8-7-12(20)10-16(14)26(27)28/h4-11H,1-3H3,(H2,22,23,24,25). The summed E-state index contributed by atoms with van der Waals surface area (Å²) in [5, 5.41) is 17.3. The van der Waals surface area contributed by atoms with Crippen LogP contribution in [-0.4, -0.2) is 25.4 Å². The predicted octanol–water partition coefficient (Wildman–Crippen LogP) is 4.54. The minimum atomic E-state index is -0.691. The second kappa shape index (κ2) is 7.55. The topological polar surface area (TPSA) is 106 Å². The van der Waals surface area contributed by atoms with Gasteiger partial charge in [-0.3, -0.25) is 15.1 Å². The molecular weight excluding hydrogens is 363 g/mol. The maximum atomic E-state index is 13.4. The Labute approximate surface area is 161 Å². The summed E-state index contributed by atoms with van der Waals surface area (Å²) >= 11 is 0. The Morgan fingerprint density at radius 1 is 1.07 bits per heavy atom. The number of halogens is 1. The summed E-state index contributed by atoms with van der Waals surface area (Å²) < 4.78 is 13.4. The van der Waals surface area contributed by atoms with E-state index in [0.29, 0.717) is 23.2 Å². The SMILES string of the molecule is CC(C)(C)Nc1nc(Nc2ccc(F)cc2[N+](=O)[O-])cc(-c2ccccn2)n1. The molecule has 144 valence electrons. The van der Waals surface area contributed by atoms with Gasteiger partial charge in [-0.2, -0.15) is 4.98 Å². The summed E-state index contributed by atoms with van der Waals surface area (Å²) in [6.45, 7) is 5.88. The van der Waals surface area contributed by atoms with Crippen LogP contribution in [0.25, 0.3) is 11.4 Å². The first-order valence-electron chi connectivity index (χ1n) is 8.51. The first kappa shape index (κ1) is 19.2. The van der Waals surface area contributed by atoms with Gasteiger partial charge in [-0.1, -0.05) is 6.07 Å². The highest BCUT2D eigenvalue weighted by molar-refractivity contribution is 5.71. The number of nitrogens with one attached hydrogen (secondary N) is 2. The molecule has 0 saturated carbocycles. The number of pyridine rings is 1. The summed E-state index contributed by atoms with van der Waals surface area (Å²) in [6, 6.07) is 10.4. The van der Waals surface area contributed by atoms with Crippen LogP contribution in [0.15, 0.2) is 48.7 Å². The maximum Gasteiger partial charge on any atom is 0.295 e. The smallest absolute Gasteiger partial charge is 0.295 e. The second-order valence-electron chi connectivity index (χ2n) is 7.10. The zero-order valence-electron chi connectivity index (χ0n) is 15.6. The Bertz CT molecular complexity index is 1010. The molecule has 0 atom stereocenters. The number of hydrogen-bond donors (Lipinski definition) is 2. The highest BCUT2D eigenvalue weighted by atomic mass is 19.1. The van der Waals surface area contributed by atoms with Crippen LogP contribution in [0.2, 0.25) is 0 Å². The van der Waals surface area contributed by atoms with Crippen molar-refractivity contribution in [3.63, 3.8) is 0 Å². The zero-order chi connectivity index (χ0) is 20.3. The number of anilines is 3. The summed E-state index contributed by atoms with van der Waals surface area (Å²) in [7, 11) is 0. The Morgan fingerprint density at radius 3 is 2.50 bits per heavy atom. The van der Waals surface area contributed by atoms with E-state index in [4.69, 9.17) is 0 Å². The van der Waals surface area contributed by atoms with Gasteiger partial charge in [-0.05, 0) is 45.0 Å². The van der Waals surface area contributed by atoms with Gasteiger partial charge in [0.25, 0.3) is 5.69 Å². The van der Waals surface area contributed by atoms with E-state index in [-0.39, 0.29) is 16.9 Å². The molecule has 0 radical (unpaired) electrons. The van der Waals surface area contributed by atoms with Crippen LogP contribution >= 0.6 is 0 Å². The van der Waals surface area contributed by atoms with Crippen LogP contribution in [0.3, 0.4) is 0 Å². The lowest BCUT2D eigenvalue weighted by atomic mass is 10.1. The predicted molar refractivity (Wildman–Crippen MR) is 105 cm³/mol. The molecule has 3 rings (SSSR count). The molecule has 0 spiro atoms. The van der Waals surface area contributed by atoms with E-state index in [9.17, 15) is 14.5 Å². The molecule has 9 heteroatoms. The van der Waals surface area contributed by atoms with Crippen LogP contribution in [0.1, 0.15) is 20.8 Å². The third-order valence-corrected chi connectivity index (χ3v) is 3.56. The molecule has 2 N–H and O–H groups in total. The third kappa shape index (κ3) is 4.76. The van der Waals surface area contributed by atoms with Gasteiger partial charge in [0.15, 0.2) is 0 Å². The van der Waals surface area contributed by atoms with E-state index >= 15 is 0 Å². The van der Waals surface area contributed by atoms with Gasteiger partial charge in [0, 0.05) is 17.8 Å². The molecule has 0 amide bonds. The quantitative estimate of drug-likeness (QED) is 0.493. The fourth-order valence-electron chi connectivity index (χ4n) is 2.45. The molecule has 8 nitrogen and oxygen atoms in total. The van der Waals surface area contributed by atoms with Gasteiger partial charge in [-0.15, -0.1) is 0 Å². The molecule has 2 heterocycles. The van der Waals surface area contributed by atoms with Gasteiger partial charge in [-0.25, -0.2) is 9.37 Å². The van der Waals surface area contributed by atoms with Gasteiger partial charge in [0.1, 0.15) is 17.3 Å². The van der Waals surface area contributed by atoms with Crippen molar-refractivity contribution in [2.45, 2.75) is 26.3 Å². The fraction of sp³-hybridized carbons (Fsp3) is 0.211. The van der Waals surface area contributed by atoms with Crippen LogP contribution in [-0.2, 0) is 0 Å². The second-order valence-corrected chi connectivity index (χ2v) is 7.10. The van der Waals surface area contributed by atoms with Crippen LogP contribution in [0.5, 0.6) is 0 Å². The third-order valence-electron chi connectivity index (χ3n) is 3.56. The number of aromatic nitrogens is 3. The molecule has 1 aromatic carbocycles. The van der Waals surface area contributed by atoms with E-state index in [1.165, 1.54) is 6.07 Å². The van der Waals surface area contributed by atoms with Crippen molar-refractivity contribution in [3.05, 3.63) is 64.6 Å². The number of benzene rings is 1. The van der Waals surface area contributed by atoms with Crippen molar-refractivity contribution in [2.75, 3.05) is 10.6 Å². The normalized spacial score (nSPS) is 11.1. The van der Waals surface area contributed by atoms with Gasteiger partial charge in [0.05, 0.1) is 22.4 Å². The molecule has 3 aromatic rings. The zero-order valence-corrected chi connectivity index (χ0v) is 15.6. The number of hydrogen-bond acceptors (Lipinski definition) is 7. The minimum absolute atomic E-state index is 0.124. The van der Waals surface area contributed by atoms with E-state index in [0.717, 1.165) is 12.1 Å². The lowest BCUT2D eigenvalue weighted by Gasteiger charge is -2.21. The van der Waals surface area contributed by atoms with E-state index in [1.807, 2.05) is 26.8 Å². The first-order chi connectivity index (χ1) is 13.2. The fourth-order valence-corrected chi connectivity index (χ4v) is 2.45. The Morgan fingerprint density at radius 2 is 1.86 bits per heavy atom. The number of rotatable bonds is 5. The molecule has 0 aliphatic rings. The monoisotopic (exact) mass is 382 g/mol. The molecule has 0 saturated heterocycles. The van der Waals surface area contributed by atoms with Crippen molar-refractivity contribution < 1.29 is 9.31 Å².